The van der Waals surface area contributed by atoms with Crippen LogP contribution >= 0.6 is 0 Å². The number of hydrogen-bond donors (Lipinski definition) is 2. The third kappa shape index (κ3) is 5.52. The zero-order valence-electron chi connectivity index (χ0n) is 17.8. The van der Waals surface area contributed by atoms with Crippen LogP contribution < -0.4 is 4.74 Å². The molecule has 1 saturated carbocycles. The Labute approximate surface area is 174 Å². The lowest BCUT2D eigenvalue weighted by Gasteiger charge is -2.32. The number of ether oxygens (including phenoxy) is 2. The number of rotatable bonds is 11. The summed E-state index contributed by atoms with van der Waals surface area (Å²) in [5.74, 6) is 1.33. The van der Waals surface area contributed by atoms with E-state index in [9.17, 15) is 9.90 Å². The molecule has 0 aromatic heterocycles. The molecule has 0 bridgehead atoms. The van der Waals surface area contributed by atoms with Gasteiger partial charge in [-0.05, 0) is 73.5 Å². The molecule has 5 heteroatoms. The Kier molecular flexibility index (Phi) is 7.96. The molecule has 1 aromatic rings. The van der Waals surface area contributed by atoms with Crippen molar-refractivity contribution in [3.8, 4) is 5.75 Å². The number of carboxylic acids is 1. The minimum Gasteiger partial charge on any atom is -0.482 e. The van der Waals surface area contributed by atoms with E-state index in [0.717, 1.165) is 44.9 Å². The Morgan fingerprint density at radius 3 is 2.79 bits per heavy atom. The van der Waals surface area contributed by atoms with E-state index < -0.39 is 5.97 Å². The molecule has 0 spiro atoms. The van der Waals surface area contributed by atoms with Crippen LogP contribution in [0.2, 0.25) is 0 Å². The maximum absolute atomic E-state index is 10.9. The Hall–Kier alpha value is -1.59. The van der Waals surface area contributed by atoms with E-state index in [1.54, 1.807) is 7.11 Å². The van der Waals surface area contributed by atoms with E-state index in [-0.39, 0.29) is 18.8 Å². The topological polar surface area (TPSA) is 76.0 Å². The van der Waals surface area contributed by atoms with Crippen LogP contribution in [-0.2, 0) is 22.4 Å². The van der Waals surface area contributed by atoms with Crippen molar-refractivity contribution in [2.45, 2.75) is 76.9 Å². The second-order valence-corrected chi connectivity index (χ2v) is 8.81. The van der Waals surface area contributed by atoms with E-state index in [4.69, 9.17) is 14.6 Å². The van der Waals surface area contributed by atoms with Gasteiger partial charge in [-0.1, -0.05) is 38.3 Å². The second kappa shape index (κ2) is 10.4. The van der Waals surface area contributed by atoms with Crippen LogP contribution in [0.1, 0.15) is 63.0 Å². The van der Waals surface area contributed by atoms with Gasteiger partial charge in [0.1, 0.15) is 5.75 Å². The van der Waals surface area contributed by atoms with E-state index in [0.29, 0.717) is 23.5 Å². The molecule has 162 valence electrons. The fraction of sp³-hybridized carbons (Fsp3) is 0.708. The van der Waals surface area contributed by atoms with Crippen LogP contribution in [0.15, 0.2) is 18.2 Å². The molecule has 29 heavy (non-hydrogen) atoms. The van der Waals surface area contributed by atoms with E-state index in [1.807, 2.05) is 12.1 Å². The molecule has 3 rings (SSSR count). The lowest BCUT2D eigenvalue weighted by atomic mass is 9.73. The normalized spacial score (nSPS) is 26.6. The van der Waals surface area contributed by atoms with Crippen LogP contribution in [0.3, 0.4) is 0 Å². The van der Waals surface area contributed by atoms with Gasteiger partial charge in [0.25, 0.3) is 0 Å². The molecule has 2 aliphatic rings. The van der Waals surface area contributed by atoms with Gasteiger partial charge in [0.05, 0.1) is 12.2 Å². The molecule has 2 N–H and O–H groups in total. The highest BCUT2D eigenvalue weighted by Crippen LogP contribution is 2.49. The van der Waals surface area contributed by atoms with E-state index in [2.05, 4.69) is 13.0 Å². The fourth-order valence-electron chi connectivity index (χ4n) is 5.48. The molecule has 2 aliphatic carbocycles. The molecule has 0 heterocycles. The van der Waals surface area contributed by atoms with Crippen LogP contribution in [0.25, 0.3) is 0 Å². The molecule has 5 nitrogen and oxygen atoms in total. The average molecular weight is 405 g/mol. The van der Waals surface area contributed by atoms with E-state index >= 15 is 0 Å². The summed E-state index contributed by atoms with van der Waals surface area (Å²) in [6.07, 6.45) is 9.22. The van der Waals surface area contributed by atoms with E-state index in [1.165, 1.54) is 24.0 Å². The average Bonchev–Trinajstić information content (AvgIpc) is 3.05. The lowest BCUT2D eigenvalue weighted by molar-refractivity contribution is -0.139. The van der Waals surface area contributed by atoms with Gasteiger partial charge in [-0.25, -0.2) is 4.79 Å². The summed E-state index contributed by atoms with van der Waals surface area (Å²) in [5.41, 5.74) is 2.45. The predicted molar refractivity (Wildman–Crippen MR) is 112 cm³/mol. The summed E-state index contributed by atoms with van der Waals surface area (Å²) in [4.78, 5) is 10.9. The van der Waals surface area contributed by atoms with Gasteiger partial charge < -0.3 is 19.7 Å². The van der Waals surface area contributed by atoms with Crippen LogP contribution in [0.4, 0.5) is 0 Å². The largest absolute Gasteiger partial charge is 0.482 e. The fourth-order valence-corrected chi connectivity index (χ4v) is 5.48. The molecular weight excluding hydrogens is 368 g/mol. The minimum absolute atomic E-state index is 0.204. The number of fused-ring (bicyclic) bond motifs is 2. The Balaban J connectivity index is 1.66. The molecule has 0 amide bonds. The highest BCUT2D eigenvalue weighted by Gasteiger charge is 2.45. The van der Waals surface area contributed by atoms with Crippen molar-refractivity contribution in [2.24, 2.45) is 17.8 Å². The Morgan fingerprint density at radius 2 is 2.07 bits per heavy atom. The SMILES string of the molecule is CCCCC[C@H](O)CC[C@@H]1[C@H]2Cc3cccc(OCC(=O)O)c3C[C@H]2C[C@H]1OC. The van der Waals surface area contributed by atoms with Gasteiger partial charge in [-0.2, -0.15) is 0 Å². The molecule has 0 unspecified atom stereocenters. The van der Waals surface area contributed by atoms with Crippen molar-refractivity contribution in [3.63, 3.8) is 0 Å². The number of unbranched alkanes of at least 4 members (excludes halogenated alkanes) is 2. The zero-order valence-corrected chi connectivity index (χ0v) is 17.8. The molecule has 1 fully saturated rings. The van der Waals surface area contributed by atoms with Gasteiger partial charge in [-0.3, -0.25) is 0 Å². The minimum atomic E-state index is -0.950. The van der Waals surface area contributed by atoms with Gasteiger partial charge >= 0.3 is 5.97 Å². The third-order valence-corrected chi connectivity index (χ3v) is 6.95. The Morgan fingerprint density at radius 1 is 1.24 bits per heavy atom. The smallest absolute Gasteiger partial charge is 0.341 e. The van der Waals surface area contributed by atoms with Crippen LogP contribution in [-0.4, -0.2) is 42.1 Å². The van der Waals surface area contributed by atoms with Gasteiger partial charge in [0.15, 0.2) is 6.61 Å². The van der Waals surface area contributed by atoms with Gasteiger partial charge in [-0.15, -0.1) is 0 Å². The lowest BCUT2D eigenvalue weighted by Crippen LogP contribution is -2.28. The van der Waals surface area contributed by atoms with Crippen LogP contribution in [0, 0.1) is 17.8 Å². The molecule has 5 atom stereocenters. The molecular formula is C24H36O5. The molecule has 0 radical (unpaired) electrons. The van der Waals surface area contributed by atoms with Crippen molar-refractivity contribution in [1.82, 2.24) is 0 Å². The first-order chi connectivity index (χ1) is 14.0. The number of aliphatic hydroxyl groups excluding tert-OH is 1. The summed E-state index contributed by atoms with van der Waals surface area (Å²) in [6, 6.07) is 6.00. The third-order valence-electron chi connectivity index (χ3n) is 6.95. The van der Waals surface area contributed by atoms with Gasteiger partial charge in [0.2, 0.25) is 0 Å². The van der Waals surface area contributed by atoms with Gasteiger partial charge in [0, 0.05) is 7.11 Å². The van der Waals surface area contributed by atoms with Crippen molar-refractivity contribution in [1.29, 1.82) is 0 Å². The summed E-state index contributed by atoms with van der Waals surface area (Å²) < 4.78 is 11.4. The zero-order chi connectivity index (χ0) is 20.8. The number of benzene rings is 1. The number of carboxylic acid groups (broad SMARTS) is 1. The van der Waals surface area contributed by atoms with Crippen LogP contribution in [0.5, 0.6) is 5.75 Å². The first-order valence-corrected chi connectivity index (χ1v) is 11.2. The first kappa shape index (κ1) is 22.1. The van der Waals surface area contributed by atoms with Crippen molar-refractivity contribution >= 4 is 5.97 Å². The summed E-state index contributed by atoms with van der Waals surface area (Å²) in [6.45, 7) is 1.89. The van der Waals surface area contributed by atoms with Crippen molar-refractivity contribution < 1.29 is 24.5 Å². The molecule has 0 aliphatic heterocycles. The summed E-state index contributed by atoms with van der Waals surface area (Å²) in [7, 11) is 1.81. The quantitative estimate of drug-likeness (QED) is 0.540. The highest BCUT2D eigenvalue weighted by molar-refractivity contribution is 5.68. The van der Waals surface area contributed by atoms with Crippen molar-refractivity contribution in [2.75, 3.05) is 13.7 Å². The predicted octanol–water partition coefficient (Wildman–Crippen LogP) is 4.24. The second-order valence-electron chi connectivity index (χ2n) is 8.81. The summed E-state index contributed by atoms with van der Waals surface area (Å²) in [5, 5.41) is 19.3. The highest BCUT2D eigenvalue weighted by atomic mass is 16.5. The first-order valence-electron chi connectivity index (χ1n) is 11.2. The number of carbonyl (C=O) groups is 1. The number of methoxy groups -OCH3 is 1. The maximum atomic E-state index is 10.9. The standard InChI is InChI=1S/C24H36O5/c1-3-4-5-8-18(25)10-11-19-20-12-16-7-6-9-22(29-15-24(26)27)21(16)13-17(20)14-23(19)28-2/h6-7,9,17-20,23,25H,3-5,8,10-15H2,1-2H3,(H,26,27)/t17-,18-,19+,20-,23+/m0/s1. The molecule has 1 aromatic carbocycles. The van der Waals surface area contributed by atoms with Crippen molar-refractivity contribution in [3.05, 3.63) is 29.3 Å². The number of aliphatic hydroxyl groups is 1. The Bertz CT molecular complexity index is 673. The monoisotopic (exact) mass is 404 g/mol. The molecule has 0 saturated heterocycles. The number of aliphatic carboxylic acids is 1. The number of hydrogen-bond acceptors (Lipinski definition) is 4. The maximum Gasteiger partial charge on any atom is 0.341 e. The summed E-state index contributed by atoms with van der Waals surface area (Å²) >= 11 is 0.